The van der Waals surface area contributed by atoms with Crippen LogP contribution in [0.25, 0.3) is 11.4 Å². The van der Waals surface area contributed by atoms with E-state index in [2.05, 4.69) is 16.2 Å². The summed E-state index contributed by atoms with van der Waals surface area (Å²) in [4.78, 5) is 4.43. The summed E-state index contributed by atoms with van der Waals surface area (Å²) in [5, 5.41) is 13.1. The Balaban J connectivity index is 1.90. The summed E-state index contributed by atoms with van der Waals surface area (Å²) in [5.41, 5.74) is 0.749. The average molecular weight is 269 g/mol. The van der Waals surface area contributed by atoms with E-state index in [0.29, 0.717) is 11.7 Å². The average Bonchev–Trinajstić information content (AvgIpc) is 2.81. The molecule has 1 fully saturated rings. The smallest absolute Gasteiger partial charge is 0.232 e. The second-order valence-corrected chi connectivity index (χ2v) is 5.59. The minimum absolute atomic E-state index is 0.0272. The first-order valence-corrected chi connectivity index (χ1v) is 6.45. The summed E-state index contributed by atoms with van der Waals surface area (Å²) >= 11 is 0. The molecule has 1 aromatic heterocycles. The first kappa shape index (κ1) is 12.7. The summed E-state index contributed by atoms with van der Waals surface area (Å²) < 4.78 is 10.5. The number of nitriles is 1. The van der Waals surface area contributed by atoms with Gasteiger partial charge in [0.15, 0.2) is 0 Å². The molecule has 3 rings (SSSR count). The van der Waals surface area contributed by atoms with Crippen molar-refractivity contribution in [3.63, 3.8) is 0 Å². The number of hydrogen-bond donors (Lipinski definition) is 0. The lowest BCUT2D eigenvalue weighted by Crippen LogP contribution is -1.90. The number of hydrogen-bond acceptors (Lipinski definition) is 5. The Kier molecular flexibility index (Phi) is 2.75. The topological polar surface area (TPSA) is 71.9 Å². The lowest BCUT2D eigenvalue weighted by atomic mass is 10.1. The summed E-state index contributed by atoms with van der Waals surface area (Å²) in [6.45, 7) is 4.09. The van der Waals surface area contributed by atoms with Crippen LogP contribution < -0.4 is 4.74 Å². The van der Waals surface area contributed by atoms with Gasteiger partial charge in [-0.3, -0.25) is 0 Å². The molecule has 20 heavy (non-hydrogen) atoms. The van der Waals surface area contributed by atoms with Gasteiger partial charge in [0.2, 0.25) is 11.7 Å². The van der Waals surface area contributed by atoms with Crippen LogP contribution in [0, 0.1) is 22.7 Å². The molecule has 102 valence electrons. The molecule has 0 saturated heterocycles. The second kappa shape index (κ2) is 4.34. The number of nitrogens with zero attached hydrogens (tertiary/aromatic N) is 3. The van der Waals surface area contributed by atoms with Crippen molar-refractivity contribution >= 4 is 0 Å². The Morgan fingerprint density at radius 3 is 2.85 bits per heavy atom. The Bertz CT molecular complexity index is 684. The molecule has 5 heteroatoms. The van der Waals surface area contributed by atoms with Crippen LogP contribution in [0.15, 0.2) is 28.8 Å². The maximum atomic E-state index is 9.11. The largest absolute Gasteiger partial charge is 0.497 e. The molecule has 1 saturated carbocycles. The van der Waals surface area contributed by atoms with Crippen LogP contribution in [0.1, 0.15) is 25.7 Å². The molecule has 0 N–H and O–H groups in total. The highest BCUT2D eigenvalue weighted by Crippen LogP contribution is 2.63. The van der Waals surface area contributed by atoms with Gasteiger partial charge in [0, 0.05) is 5.56 Å². The first-order chi connectivity index (χ1) is 9.57. The summed E-state index contributed by atoms with van der Waals surface area (Å²) in [5.74, 6) is 1.79. The third kappa shape index (κ3) is 1.85. The molecule has 2 aromatic rings. The van der Waals surface area contributed by atoms with E-state index in [9.17, 15) is 0 Å². The van der Waals surface area contributed by atoms with Crippen molar-refractivity contribution in [1.82, 2.24) is 10.1 Å². The highest BCUT2D eigenvalue weighted by atomic mass is 16.5. The standard InChI is InChI=1S/C15H15N3O2/c1-15(2)11(8-16)12(15)14-17-13(18-20-14)9-5-4-6-10(7-9)19-3/h4-7,11-12H,1-3H3. The molecule has 1 aliphatic carbocycles. The summed E-state index contributed by atoms with van der Waals surface area (Å²) in [7, 11) is 1.62. The molecular formula is C15H15N3O2. The number of benzene rings is 1. The van der Waals surface area contributed by atoms with Crippen molar-refractivity contribution in [2.24, 2.45) is 11.3 Å². The van der Waals surface area contributed by atoms with E-state index in [0.717, 1.165) is 11.3 Å². The molecule has 0 bridgehead atoms. The van der Waals surface area contributed by atoms with Gasteiger partial charge >= 0.3 is 0 Å². The van der Waals surface area contributed by atoms with E-state index in [4.69, 9.17) is 14.5 Å². The minimum atomic E-state index is -0.0903. The minimum Gasteiger partial charge on any atom is -0.497 e. The van der Waals surface area contributed by atoms with Gasteiger partial charge in [-0.05, 0) is 17.5 Å². The fourth-order valence-corrected chi connectivity index (χ4v) is 2.58. The van der Waals surface area contributed by atoms with Crippen molar-refractivity contribution < 1.29 is 9.26 Å². The van der Waals surface area contributed by atoms with E-state index in [1.54, 1.807) is 7.11 Å². The second-order valence-electron chi connectivity index (χ2n) is 5.59. The van der Waals surface area contributed by atoms with E-state index >= 15 is 0 Å². The van der Waals surface area contributed by atoms with Gasteiger partial charge in [0.1, 0.15) is 5.75 Å². The Morgan fingerprint density at radius 1 is 1.40 bits per heavy atom. The third-order valence-electron chi connectivity index (χ3n) is 4.00. The van der Waals surface area contributed by atoms with Crippen molar-refractivity contribution in [1.29, 1.82) is 5.26 Å². The van der Waals surface area contributed by atoms with Crippen LogP contribution in [0.5, 0.6) is 5.75 Å². The third-order valence-corrected chi connectivity index (χ3v) is 4.00. The lowest BCUT2D eigenvalue weighted by molar-refractivity contribution is 0.368. The van der Waals surface area contributed by atoms with Crippen LogP contribution in [0.4, 0.5) is 0 Å². The fourth-order valence-electron chi connectivity index (χ4n) is 2.58. The number of aromatic nitrogens is 2. The highest BCUT2D eigenvalue weighted by molar-refractivity contribution is 5.57. The van der Waals surface area contributed by atoms with Crippen molar-refractivity contribution in [2.75, 3.05) is 7.11 Å². The van der Waals surface area contributed by atoms with Crippen LogP contribution in [0.3, 0.4) is 0 Å². The van der Waals surface area contributed by atoms with Gasteiger partial charge in [0.05, 0.1) is 25.0 Å². The zero-order valence-electron chi connectivity index (χ0n) is 11.6. The quantitative estimate of drug-likeness (QED) is 0.856. The highest BCUT2D eigenvalue weighted by Gasteiger charge is 2.62. The van der Waals surface area contributed by atoms with Crippen LogP contribution in [0.2, 0.25) is 0 Å². The van der Waals surface area contributed by atoms with E-state index in [1.807, 2.05) is 38.1 Å². The zero-order chi connectivity index (χ0) is 14.3. The van der Waals surface area contributed by atoms with E-state index in [-0.39, 0.29) is 17.3 Å². The van der Waals surface area contributed by atoms with Crippen molar-refractivity contribution in [3.05, 3.63) is 30.2 Å². The molecule has 1 aromatic carbocycles. The Morgan fingerprint density at radius 2 is 2.20 bits per heavy atom. The molecule has 2 unspecified atom stereocenters. The van der Waals surface area contributed by atoms with Crippen LogP contribution in [-0.4, -0.2) is 17.3 Å². The number of ether oxygens (including phenoxy) is 1. The van der Waals surface area contributed by atoms with Crippen molar-refractivity contribution in [2.45, 2.75) is 19.8 Å². The molecule has 1 heterocycles. The predicted molar refractivity (Wildman–Crippen MR) is 71.9 cm³/mol. The van der Waals surface area contributed by atoms with E-state index < -0.39 is 0 Å². The molecule has 1 aliphatic rings. The molecule has 0 spiro atoms. The zero-order valence-corrected chi connectivity index (χ0v) is 11.6. The van der Waals surface area contributed by atoms with E-state index in [1.165, 1.54) is 0 Å². The van der Waals surface area contributed by atoms with Gasteiger partial charge in [-0.15, -0.1) is 0 Å². The molecule has 0 amide bonds. The lowest BCUT2D eigenvalue weighted by Gasteiger charge is -1.99. The van der Waals surface area contributed by atoms with Gasteiger partial charge < -0.3 is 9.26 Å². The van der Waals surface area contributed by atoms with Gasteiger partial charge in [-0.1, -0.05) is 31.1 Å². The Hall–Kier alpha value is -2.35. The molecule has 5 nitrogen and oxygen atoms in total. The summed E-state index contributed by atoms with van der Waals surface area (Å²) in [6.07, 6.45) is 0. The molecule has 2 atom stereocenters. The van der Waals surface area contributed by atoms with Crippen molar-refractivity contribution in [3.8, 4) is 23.2 Å². The maximum Gasteiger partial charge on any atom is 0.232 e. The Labute approximate surface area is 117 Å². The van der Waals surface area contributed by atoms with Gasteiger partial charge in [-0.2, -0.15) is 10.2 Å². The molecule has 0 aliphatic heterocycles. The summed E-state index contributed by atoms with van der Waals surface area (Å²) in [6, 6.07) is 9.79. The van der Waals surface area contributed by atoms with Crippen LogP contribution in [-0.2, 0) is 0 Å². The number of methoxy groups -OCH3 is 1. The molecule has 0 radical (unpaired) electrons. The van der Waals surface area contributed by atoms with Gasteiger partial charge in [0.25, 0.3) is 0 Å². The monoisotopic (exact) mass is 269 g/mol. The predicted octanol–water partition coefficient (Wildman–Crippen LogP) is 3.01. The molecular weight excluding hydrogens is 254 g/mol. The fraction of sp³-hybridized carbons (Fsp3) is 0.400. The maximum absolute atomic E-state index is 9.11. The first-order valence-electron chi connectivity index (χ1n) is 6.45. The number of rotatable bonds is 3. The normalized spacial score (nSPS) is 23.1. The SMILES string of the molecule is COc1cccc(-c2noc(C3C(C#N)C3(C)C)n2)c1. The van der Waals surface area contributed by atoms with Gasteiger partial charge in [-0.25, -0.2) is 0 Å². The van der Waals surface area contributed by atoms with Crippen LogP contribution >= 0.6 is 0 Å².